The molecule has 0 bridgehead atoms. The second kappa shape index (κ2) is 8.89. The van der Waals surface area contributed by atoms with Crippen LogP contribution in [0.2, 0.25) is 0 Å². The number of piperidine rings is 1. The van der Waals surface area contributed by atoms with Crippen molar-refractivity contribution in [1.29, 1.82) is 0 Å². The van der Waals surface area contributed by atoms with E-state index in [1.807, 2.05) is 67.6 Å². The first-order valence-electron chi connectivity index (χ1n) is 10.8. The molecule has 2 N–H and O–H groups in total. The van der Waals surface area contributed by atoms with Crippen LogP contribution < -0.4 is 10.6 Å². The number of carbonyl (C=O) groups is 3. The molecular formula is C24H28N4O3. The van der Waals surface area contributed by atoms with Crippen molar-refractivity contribution in [2.45, 2.75) is 31.7 Å². The molecular weight excluding hydrogens is 392 g/mol. The van der Waals surface area contributed by atoms with Gasteiger partial charge in [0.1, 0.15) is 5.54 Å². The maximum atomic E-state index is 13.3. The van der Waals surface area contributed by atoms with E-state index in [2.05, 4.69) is 15.5 Å². The van der Waals surface area contributed by atoms with E-state index >= 15 is 0 Å². The molecule has 7 nitrogen and oxygen atoms in total. The smallest absolute Gasteiger partial charge is 0.326 e. The summed E-state index contributed by atoms with van der Waals surface area (Å²) in [4.78, 5) is 41.9. The van der Waals surface area contributed by atoms with Crippen LogP contribution in [0.25, 0.3) is 0 Å². The van der Waals surface area contributed by atoms with E-state index in [9.17, 15) is 14.4 Å². The van der Waals surface area contributed by atoms with Crippen molar-refractivity contribution >= 4 is 23.5 Å². The summed E-state index contributed by atoms with van der Waals surface area (Å²) in [5.74, 6) is -0.260. The van der Waals surface area contributed by atoms with Crippen molar-refractivity contribution in [1.82, 2.24) is 15.1 Å². The second-order valence-electron chi connectivity index (χ2n) is 8.18. The van der Waals surface area contributed by atoms with Gasteiger partial charge in [0, 0.05) is 24.7 Å². The summed E-state index contributed by atoms with van der Waals surface area (Å²) in [5.41, 5.74) is 0.590. The van der Waals surface area contributed by atoms with Gasteiger partial charge in [0.05, 0.1) is 6.67 Å². The number of likely N-dealkylation sites (tertiary alicyclic amines) is 1. The number of anilines is 1. The summed E-state index contributed by atoms with van der Waals surface area (Å²) < 4.78 is 0. The Hall–Kier alpha value is -3.19. The summed E-state index contributed by atoms with van der Waals surface area (Å²) in [5, 5.41) is 5.89. The minimum absolute atomic E-state index is 0.0231. The Morgan fingerprint density at radius 3 is 2.26 bits per heavy atom. The predicted molar refractivity (Wildman–Crippen MR) is 118 cm³/mol. The Morgan fingerprint density at radius 1 is 1.03 bits per heavy atom. The molecule has 0 aromatic heterocycles. The van der Waals surface area contributed by atoms with E-state index in [1.54, 1.807) is 0 Å². The van der Waals surface area contributed by atoms with Gasteiger partial charge in [-0.2, -0.15) is 0 Å². The number of rotatable bonds is 6. The van der Waals surface area contributed by atoms with Crippen molar-refractivity contribution in [2.75, 3.05) is 25.1 Å². The van der Waals surface area contributed by atoms with Gasteiger partial charge in [0.15, 0.2) is 0 Å². The zero-order chi connectivity index (χ0) is 21.8. The first-order valence-corrected chi connectivity index (χ1v) is 10.8. The third-order valence-electron chi connectivity index (χ3n) is 6.31. The number of nitrogens with one attached hydrogen (secondary N) is 2. The molecule has 0 spiro atoms. The molecule has 0 radical (unpaired) electrons. The van der Waals surface area contributed by atoms with E-state index < -0.39 is 5.54 Å². The fraction of sp³-hybridized carbons (Fsp3) is 0.375. The lowest BCUT2D eigenvalue weighted by Crippen LogP contribution is -2.47. The van der Waals surface area contributed by atoms with Gasteiger partial charge >= 0.3 is 6.03 Å². The minimum atomic E-state index is -1.01. The summed E-state index contributed by atoms with van der Waals surface area (Å²) >= 11 is 0. The van der Waals surface area contributed by atoms with E-state index in [-0.39, 0.29) is 30.4 Å². The summed E-state index contributed by atoms with van der Waals surface area (Å²) in [7, 11) is 0. The summed E-state index contributed by atoms with van der Waals surface area (Å²) in [6.45, 7) is 3.47. The second-order valence-corrected chi connectivity index (χ2v) is 8.18. The van der Waals surface area contributed by atoms with Crippen molar-refractivity contribution in [3.05, 3.63) is 66.2 Å². The maximum absolute atomic E-state index is 13.3. The van der Waals surface area contributed by atoms with Gasteiger partial charge in [-0.1, -0.05) is 55.5 Å². The first kappa shape index (κ1) is 21.1. The topological polar surface area (TPSA) is 81.8 Å². The fourth-order valence-electron chi connectivity index (χ4n) is 4.42. The SMILES string of the molecule is CC[C@@]1(c2ccccc2)NC(=O)N(CN2CCC(C(=O)Nc3ccccc3)CC2)C1=O. The van der Waals surface area contributed by atoms with E-state index in [1.165, 1.54) is 4.90 Å². The molecule has 2 heterocycles. The highest BCUT2D eigenvalue weighted by Crippen LogP contribution is 2.32. The highest BCUT2D eigenvalue weighted by Gasteiger charge is 2.51. The van der Waals surface area contributed by atoms with Crippen LogP contribution in [-0.2, 0) is 15.1 Å². The molecule has 0 aliphatic carbocycles. The van der Waals surface area contributed by atoms with E-state index in [4.69, 9.17) is 0 Å². The molecule has 0 unspecified atom stereocenters. The van der Waals surface area contributed by atoms with Gasteiger partial charge in [-0.15, -0.1) is 0 Å². The fourth-order valence-corrected chi connectivity index (χ4v) is 4.42. The number of para-hydroxylation sites is 1. The number of imide groups is 1. The Labute approximate surface area is 182 Å². The quantitative estimate of drug-likeness (QED) is 0.704. The van der Waals surface area contributed by atoms with Gasteiger partial charge in [-0.3, -0.25) is 14.5 Å². The molecule has 2 saturated heterocycles. The van der Waals surface area contributed by atoms with Gasteiger partial charge in [-0.05, 0) is 37.0 Å². The third kappa shape index (κ3) is 4.18. The highest BCUT2D eigenvalue weighted by atomic mass is 16.2. The third-order valence-corrected chi connectivity index (χ3v) is 6.31. The van der Waals surface area contributed by atoms with Crippen LogP contribution in [0.1, 0.15) is 31.7 Å². The van der Waals surface area contributed by atoms with Crippen LogP contribution in [0.3, 0.4) is 0 Å². The zero-order valence-electron chi connectivity index (χ0n) is 17.7. The molecule has 31 heavy (non-hydrogen) atoms. The molecule has 4 amide bonds. The Bertz CT molecular complexity index is 942. The molecule has 2 aliphatic heterocycles. The van der Waals surface area contributed by atoms with Gasteiger partial charge in [0.25, 0.3) is 5.91 Å². The van der Waals surface area contributed by atoms with Gasteiger partial charge in [0.2, 0.25) is 5.91 Å². The molecule has 162 valence electrons. The number of carbonyl (C=O) groups excluding carboxylic acids is 3. The monoisotopic (exact) mass is 420 g/mol. The molecule has 2 fully saturated rings. The average Bonchev–Trinajstić information content (AvgIpc) is 3.06. The van der Waals surface area contributed by atoms with Crippen LogP contribution in [0, 0.1) is 5.92 Å². The largest absolute Gasteiger partial charge is 0.326 e. The lowest BCUT2D eigenvalue weighted by molar-refractivity contribution is -0.134. The average molecular weight is 421 g/mol. The van der Waals surface area contributed by atoms with Crippen LogP contribution in [0.5, 0.6) is 0 Å². The van der Waals surface area contributed by atoms with Crippen LogP contribution in [-0.4, -0.2) is 47.4 Å². The van der Waals surface area contributed by atoms with E-state index in [0.717, 1.165) is 11.3 Å². The van der Waals surface area contributed by atoms with Crippen LogP contribution in [0.15, 0.2) is 60.7 Å². The Balaban J connectivity index is 1.36. The standard InChI is InChI=1S/C24H28N4O3/c1-2-24(19-9-5-3-6-10-19)22(30)28(23(31)26-24)17-27-15-13-18(14-16-27)21(29)25-20-11-7-4-8-12-20/h3-12,18H,2,13-17H2,1H3,(H,25,29)(H,26,31)/t24-/m0/s1. The summed E-state index contributed by atoms with van der Waals surface area (Å²) in [6.07, 6.45) is 1.87. The number of urea groups is 1. The van der Waals surface area contributed by atoms with Crippen molar-refractivity contribution in [3.8, 4) is 0 Å². The van der Waals surface area contributed by atoms with Crippen molar-refractivity contribution < 1.29 is 14.4 Å². The number of nitrogens with zero attached hydrogens (tertiary/aromatic N) is 2. The first-order chi connectivity index (χ1) is 15.0. The molecule has 1 atom stereocenters. The summed E-state index contributed by atoms with van der Waals surface area (Å²) in [6, 6.07) is 18.5. The van der Waals surface area contributed by atoms with Crippen molar-refractivity contribution in [3.63, 3.8) is 0 Å². The Morgan fingerprint density at radius 2 is 1.65 bits per heavy atom. The molecule has 2 aromatic carbocycles. The van der Waals surface area contributed by atoms with Crippen LogP contribution >= 0.6 is 0 Å². The number of hydrogen-bond acceptors (Lipinski definition) is 4. The van der Waals surface area contributed by atoms with Crippen LogP contribution in [0.4, 0.5) is 10.5 Å². The maximum Gasteiger partial charge on any atom is 0.326 e. The van der Waals surface area contributed by atoms with Crippen molar-refractivity contribution in [2.24, 2.45) is 5.92 Å². The predicted octanol–water partition coefficient (Wildman–Crippen LogP) is 3.15. The number of amides is 4. The van der Waals surface area contributed by atoms with Gasteiger partial charge < -0.3 is 10.6 Å². The molecule has 7 heteroatoms. The molecule has 2 aromatic rings. The zero-order valence-corrected chi connectivity index (χ0v) is 17.7. The molecule has 0 saturated carbocycles. The lowest BCUT2D eigenvalue weighted by Gasteiger charge is -2.33. The normalized spacial score (nSPS) is 22.4. The number of benzene rings is 2. The van der Waals surface area contributed by atoms with Gasteiger partial charge in [-0.25, -0.2) is 9.69 Å². The molecule has 4 rings (SSSR count). The number of hydrogen-bond donors (Lipinski definition) is 2. The molecule has 2 aliphatic rings. The lowest BCUT2D eigenvalue weighted by atomic mass is 9.87. The van der Waals surface area contributed by atoms with E-state index in [0.29, 0.717) is 32.4 Å². The Kier molecular flexibility index (Phi) is 6.04. The highest BCUT2D eigenvalue weighted by molar-refractivity contribution is 6.07. The minimum Gasteiger partial charge on any atom is -0.326 e.